The van der Waals surface area contributed by atoms with Crippen LogP contribution in [0.25, 0.3) is 0 Å². The third-order valence-electron chi connectivity index (χ3n) is 5.30. The molecule has 1 aromatic heterocycles. The summed E-state index contributed by atoms with van der Waals surface area (Å²) in [7, 11) is 0. The predicted octanol–water partition coefficient (Wildman–Crippen LogP) is 0.881. The summed E-state index contributed by atoms with van der Waals surface area (Å²) in [6, 6.07) is 0. The van der Waals surface area contributed by atoms with Gasteiger partial charge in [-0.2, -0.15) is 0 Å². The molecule has 2 aliphatic heterocycles. The Balaban J connectivity index is 1.58. The molecule has 25 heavy (non-hydrogen) atoms. The van der Waals surface area contributed by atoms with Crippen molar-refractivity contribution >= 4 is 28.3 Å². The first-order valence-electron chi connectivity index (χ1n) is 8.88. The molecule has 1 aromatic rings. The van der Waals surface area contributed by atoms with Gasteiger partial charge in [0.05, 0.1) is 12.3 Å². The van der Waals surface area contributed by atoms with Crippen molar-refractivity contribution in [2.24, 2.45) is 5.41 Å². The number of anilines is 1. The molecule has 2 aliphatic rings. The number of aromatic nitrogens is 1. The zero-order valence-corrected chi connectivity index (χ0v) is 15.3. The number of β-amino-alcohol motifs (C(OH)–C–C–N with tert-alkyl or cyclic N) is 1. The van der Waals surface area contributed by atoms with Gasteiger partial charge in [0.15, 0.2) is 5.13 Å². The fourth-order valence-electron chi connectivity index (χ4n) is 4.01. The smallest absolute Gasteiger partial charge is 0.222 e. The van der Waals surface area contributed by atoms with Gasteiger partial charge in [0, 0.05) is 49.8 Å². The third-order valence-corrected chi connectivity index (χ3v) is 6.02. The number of aryl methyl sites for hydroxylation is 1. The van der Waals surface area contributed by atoms with Crippen LogP contribution >= 0.6 is 11.3 Å². The van der Waals surface area contributed by atoms with Crippen molar-refractivity contribution in [2.45, 2.75) is 38.5 Å². The number of aliphatic hydroxyl groups excluding tert-OH is 1. The van der Waals surface area contributed by atoms with E-state index in [1.165, 1.54) is 11.3 Å². The van der Waals surface area contributed by atoms with Crippen LogP contribution in [0.3, 0.4) is 0 Å². The van der Waals surface area contributed by atoms with Gasteiger partial charge in [-0.15, -0.1) is 11.3 Å². The van der Waals surface area contributed by atoms with Crippen LogP contribution in [0, 0.1) is 5.41 Å². The Kier molecular flexibility index (Phi) is 5.58. The number of carbonyl (C=O) groups is 2. The number of aliphatic hydroxyl groups is 1. The normalized spacial score (nSPS) is 24.1. The van der Waals surface area contributed by atoms with Gasteiger partial charge >= 0.3 is 0 Å². The molecule has 0 aromatic carbocycles. The molecule has 0 bridgehead atoms. The van der Waals surface area contributed by atoms with Crippen LogP contribution in [0.4, 0.5) is 5.13 Å². The van der Waals surface area contributed by atoms with Gasteiger partial charge in [-0.25, -0.2) is 4.98 Å². The fourth-order valence-corrected chi connectivity index (χ4v) is 4.61. The van der Waals surface area contributed by atoms with Gasteiger partial charge in [0.25, 0.3) is 0 Å². The average molecular weight is 366 g/mol. The molecule has 2 amide bonds. The van der Waals surface area contributed by atoms with Gasteiger partial charge in [0.1, 0.15) is 0 Å². The molecule has 8 heteroatoms. The van der Waals surface area contributed by atoms with Gasteiger partial charge in [0.2, 0.25) is 11.8 Å². The molecule has 0 unspecified atom stereocenters. The lowest BCUT2D eigenvalue weighted by Gasteiger charge is -2.48. The van der Waals surface area contributed by atoms with E-state index < -0.39 is 0 Å². The minimum absolute atomic E-state index is 0.0119. The number of piperidine rings is 2. The van der Waals surface area contributed by atoms with E-state index in [2.05, 4.69) is 4.98 Å². The van der Waals surface area contributed by atoms with Crippen LogP contribution in [0.1, 0.15) is 37.8 Å². The van der Waals surface area contributed by atoms with Crippen molar-refractivity contribution in [3.63, 3.8) is 0 Å². The molecule has 138 valence electrons. The SMILES string of the molecule is Nc1nc(CCC(=O)N2CCC[C@]3(CCC(=O)N(CCO)C3)C2)cs1. The second-order valence-electron chi connectivity index (χ2n) is 7.13. The Bertz CT molecular complexity index is 635. The second-order valence-corrected chi connectivity index (χ2v) is 8.02. The highest BCUT2D eigenvalue weighted by atomic mass is 32.1. The number of nitrogens with zero attached hydrogens (tertiary/aromatic N) is 3. The topological polar surface area (TPSA) is 99.8 Å². The van der Waals surface area contributed by atoms with Crippen LogP contribution in [-0.2, 0) is 16.0 Å². The second kappa shape index (κ2) is 7.70. The summed E-state index contributed by atoms with van der Waals surface area (Å²) in [5, 5.41) is 11.6. The van der Waals surface area contributed by atoms with Gasteiger partial charge in [-0.05, 0) is 25.7 Å². The van der Waals surface area contributed by atoms with Crippen molar-refractivity contribution in [2.75, 3.05) is 38.5 Å². The molecular weight excluding hydrogens is 340 g/mol. The van der Waals surface area contributed by atoms with Crippen LogP contribution in [0.2, 0.25) is 0 Å². The molecule has 0 radical (unpaired) electrons. The van der Waals surface area contributed by atoms with Crippen molar-refractivity contribution in [1.82, 2.24) is 14.8 Å². The summed E-state index contributed by atoms with van der Waals surface area (Å²) >= 11 is 1.40. The van der Waals surface area contributed by atoms with E-state index in [0.717, 1.165) is 31.5 Å². The van der Waals surface area contributed by atoms with E-state index in [1.807, 2.05) is 10.3 Å². The summed E-state index contributed by atoms with van der Waals surface area (Å²) in [6.07, 6.45) is 4.41. The molecule has 1 spiro atoms. The number of nitrogens with two attached hydrogens (primary N) is 1. The maximum absolute atomic E-state index is 12.6. The lowest BCUT2D eigenvalue weighted by molar-refractivity contribution is -0.143. The summed E-state index contributed by atoms with van der Waals surface area (Å²) < 4.78 is 0. The van der Waals surface area contributed by atoms with Crippen molar-refractivity contribution in [1.29, 1.82) is 0 Å². The Morgan fingerprint density at radius 2 is 2.24 bits per heavy atom. The summed E-state index contributed by atoms with van der Waals surface area (Å²) in [5.41, 5.74) is 6.50. The van der Waals surface area contributed by atoms with E-state index >= 15 is 0 Å². The van der Waals surface area contributed by atoms with E-state index in [1.54, 1.807) is 4.90 Å². The lowest BCUT2D eigenvalue weighted by Crippen LogP contribution is -2.55. The zero-order chi connectivity index (χ0) is 17.9. The largest absolute Gasteiger partial charge is 0.395 e. The lowest BCUT2D eigenvalue weighted by atomic mass is 9.73. The molecule has 3 N–H and O–H groups in total. The van der Waals surface area contributed by atoms with Crippen LogP contribution in [0.5, 0.6) is 0 Å². The molecule has 3 heterocycles. The fraction of sp³-hybridized carbons (Fsp3) is 0.706. The van der Waals surface area contributed by atoms with E-state index in [9.17, 15) is 14.7 Å². The summed E-state index contributed by atoms with van der Waals surface area (Å²) in [5.74, 6) is 0.264. The number of rotatable bonds is 5. The Hall–Kier alpha value is -1.67. The number of hydrogen-bond acceptors (Lipinski definition) is 6. The maximum Gasteiger partial charge on any atom is 0.222 e. The van der Waals surface area contributed by atoms with Gasteiger partial charge in [-0.3, -0.25) is 9.59 Å². The first-order valence-corrected chi connectivity index (χ1v) is 9.76. The van der Waals surface area contributed by atoms with Crippen LogP contribution in [0.15, 0.2) is 5.38 Å². The van der Waals surface area contributed by atoms with Gasteiger partial charge in [-0.1, -0.05) is 0 Å². The molecular formula is C17H26N4O3S. The number of nitrogen functional groups attached to an aromatic ring is 1. The third kappa shape index (κ3) is 4.30. The molecule has 3 rings (SSSR count). The summed E-state index contributed by atoms with van der Waals surface area (Å²) in [6.45, 7) is 2.52. The molecule has 1 atom stereocenters. The van der Waals surface area contributed by atoms with E-state index in [0.29, 0.717) is 44.0 Å². The van der Waals surface area contributed by atoms with Crippen molar-refractivity contribution in [3.05, 3.63) is 11.1 Å². The maximum atomic E-state index is 12.6. The Labute approximate surface area is 151 Å². The Morgan fingerprint density at radius 1 is 1.40 bits per heavy atom. The van der Waals surface area contributed by atoms with Crippen molar-refractivity contribution in [3.8, 4) is 0 Å². The number of likely N-dealkylation sites (tertiary alicyclic amines) is 2. The van der Waals surface area contributed by atoms with E-state index in [-0.39, 0.29) is 23.8 Å². The zero-order valence-electron chi connectivity index (χ0n) is 14.4. The molecule has 2 fully saturated rings. The highest BCUT2D eigenvalue weighted by molar-refractivity contribution is 7.13. The minimum atomic E-state index is -0.0127. The highest BCUT2D eigenvalue weighted by Gasteiger charge is 2.42. The minimum Gasteiger partial charge on any atom is -0.395 e. The standard InChI is InChI=1S/C17H26N4O3S/c18-16-19-13(10-25-16)2-3-14(23)20-7-1-5-17(11-20)6-4-15(24)21(12-17)8-9-22/h10,22H,1-9,11-12H2,(H2,18,19)/t17-/m0/s1. The Morgan fingerprint density at radius 3 is 2.96 bits per heavy atom. The predicted molar refractivity (Wildman–Crippen MR) is 96.0 cm³/mol. The quantitative estimate of drug-likeness (QED) is 0.806. The number of thiazole rings is 1. The average Bonchev–Trinajstić information content (AvgIpc) is 3.02. The monoisotopic (exact) mass is 366 g/mol. The van der Waals surface area contributed by atoms with Crippen molar-refractivity contribution < 1.29 is 14.7 Å². The summed E-state index contributed by atoms with van der Waals surface area (Å²) in [4.78, 5) is 32.5. The molecule has 2 saturated heterocycles. The van der Waals surface area contributed by atoms with Gasteiger partial charge < -0.3 is 20.6 Å². The molecule has 7 nitrogen and oxygen atoms in total. The first kappa shape index (κ1) is 18.1. The van der Waals surface area contributed by atoms with Crippen LogP contribution < -0.4 is 5.73 Å². The molecule has 0 saturated carbocycles. The van der Waals surface area contributed by atoms with E-state index in [4.69, 9.17) is 5.73 Å². The van der Waals surface area contributed by atoms with Crippen LogP contribution in [-0.4, -0.2) is 64.5 Å². The number of carbonyl (C=O) groups excluding carboxylic acids is 2. The first-order chi connectivity index (χ1) is 12.0. The molecule has 0 aliphatic carbocycles. The highest BCUT2D eigenvalue weighted by Crippen LogP contribution is 2.39. The number of hydrogen-bond donors (Lipinski definition) is 2. The number of amides is 2.